The Morgan fingerprint density at radius 2 is 2.05 bits per heavy atom. The molecule has 0 amide bonds. The van der Waals surface area contributed by atoms with Crippen molar-refractivity contribution in [2.75, 3.05) is 6.54 Å². The van der Waals surface area contributed by atoms with E-state index in [4.69, 9.17) is 16.3 Å². The van der Waals surface area contributed by atoms with E-state index in [1.807, 2.05) is 24.3 Å². The van der Waals surface area contributed by atoms with E-state index in [1.165, 1.54) is 6.42 Å². The average Bonchev–Trinajstić information content (AvgIpc) is 2.45. The first-order valence-electron chi connectivity index (χ1n) is 7.54. The highest BCUT2D eigenvalue weighted by atomic mass is 35.5. The van der Waals surface area contributed by atoms with Gasteiger partial charge in [-0.15, -0.1) is 0 Å². The Hall–Kier alpha value is -0.770. The summed E-state index contributed by atoms with van der Waals surface area (Å²) in [4.78, 5) is 0. The summed E-state index contributed by atoms with van der Waals surface area (Å²) in [6, 6.07) is 7.46. The summed E-state index contributed by atoms with van der Waals surface area (Å²) in [6.07, 6.45) is 4.73. The maximum absolute atomic E-state index is 10.4. The summed E-state index contributed by atoms with van der Waals surface area (Å²) in [5.74, 6) is 0.771. The minimum Gasteiger partial charge on any atom is -0.488 e. The number of unbranched alkanes of at least 4 members (excludes halogenated alkanes) is 1. The third-order valence-corrected chi connectivity index (χ3v) is 4.09. The number of hydrogen-bond acceptors (Lipinski definition) is 3. The standard InChI is InChI=1S/C16H24ClNO2/c1-2-3-11-18-14-5-4-6-15(16(14)19)20-13-9-7-12(17)8-10-13/h7-10,14-16,18-19H,2-6,11H2,1H3/t14-,15+,16+/m0/s1. The van der Waals surface area contributed by atoms with E-state index in [1.54, 1.807) is 0 Å². The number of nitrogens with one attached hydrogen (secondary N) is 1. The van der Waals surface area contributed by atoms with Crippen LogP contribution in [-0.2, 0) is 0 Å². The van der Waals surface area contributed by atoms with Gasteiger partial charge in [-0.1, -0.05) is 24.9 Å². The second-order valence-electron chi connectivity index (χ2n) is 5.45. The third-order valence-electron chi connectivity index (χ3n) is 3.83. The average molecular weight is 298 g/mol. The van der Waals surface area contributed by atoms with Gasteiger partial charge in [-0.2, -0.15) is 0 Å². The Kier molecular flexibility index (Phi) is 6.14. The molecule has 0 bridgehead atoms. The van der Waals surface area contributed by atoms with Crippen molar-refractivity contribution in [3.63, 3.8) is 0 Å². The summed E-state index contributed by atoms with van der Waals surface area (Å²) in [7, 11) is 0. The first kappa shape index (κ1) is 15.6. The molecule has 0 saturated heterocycles. The fourth-order valence-electron chi connectivity index (χ4n) is 2.64. The summed E-state index contributed by atoms with van der Waals surface area (Å²) < 4.78 is 5.91. The van der Waals surface area contributed by atoms with E-state index < -0.39 is 6.10 Å². The van der Waals surface area contributed by atoms with Crippen LogP contribution in [0.5, 0.6) is 5.75 Å². The van der Waals surface area contributed by atoms with E-state index in [9.17, 15) is 5.11 Å². The van der Waals surface area contributed by atoms with Crippen molar-refractivity contribution in [3.8, 4) is 5.75 Å². The van der Waals surface area contributed by atoms with Gasteiger partial charge in [0.25, 0.3) is 0 Å². The second kappa shape index (κ2) is 7.87. The van der Waals surface area contributed by atoms with Gasteiger partial charge >= 0.3 is 0 Å². The minimum absolute atomic E-state index is 0.135. The van der Waals surface area contributed by atoms with Gasteiger partial charge in [0.2, 0.25) is 0 Å². The van der Waals surface area contributed by atoms with Crippen LogP contribution >= 0.6 is 11.6 Å². The summed E-state index contributed by atoms with van der Waals surface area (Å²) in [5.41, 5.74) is 0. The van der Waals surface area contributed by atoms with Gasteiger partial charge in [0.1, 0.15) is 18.0 Å². The molecule has 1 aliphatic rings. The highest BCUT2D eigenvalue weighted by Crippen LogP contribution is 2.25. The van der Waals surface area contributed by atoms with Gasteiger partial charge in [-0.3, -0.25) is 0 Å². The molecule has 0 spiro atoms. The predicted molar refractivity (Wildman–Crippen MR) is 82.4 cm³/mol. The Balaban J connectivity index is 1.88. The fraction of sp³-hybridized carbons (Fsp3) is 0.625. The maximum atomic E-state index is 10.4. The van der Waals surface area contributed by atoms with Crippen molar-refractivity contribution < 1.29 is 9.84 Å². The molecule has 112 valence electrons. The molecule has 1 aromatic rings. The lowest BCUT2D eigenvalue weighted by molar-refractivity contribution is -0.0152. The number of ether oxygens (including phenoxy) is 1. The van der Waals surface area contributed by atoms with Gasteiger partial charge in [-0.25, -0.2) is 0 Å². The van der Waals surface area contributed by atoms with Crippen LogP contribution in [-0.4, -0.2) is 29.9 Å². The van der Waals surface area contributed by atoms with E-state index in [2.05, 4.69) is 12.2 Å². The van der Waals surface area contributed by atoms with E-state index >= 15 is 0 Å². The van der Waals surface area contributed by atoms with Crippen molar-refractivity contribution >= 4 is 11.6 Å². The van der Waals surface area contributed by atoms with E-state index in [0.717, 1.165) is 38.0 Å². The first-order chi connectivity index (χ1) is 9.70. The van der Waals surface area contributed by atoms with Crippen LogP contribution in [0.25, 0.3) is 0 Å². The van der Waals surface area contributed by atoms with Crippen molar-refractivity contribution in [1.82, 2.24) is 5.32 Å². The zero-order valence-corrected chi connectivity index (χ0v) is 12.8. The molecule has 3 nitrogen and oxygen atoms in total. The normalized spacial score (nSPS) is 26.4. The number of rotatable bonds is 6. The molecular formula is C16H24ClNO2. The van der Waals surface area contributed by atoms with Gasteiger partial charge in [0.15, 0.2) is 0 Å². The van der Waals surface area contributed by atoms with E-state index in [-0.39, 0.29) is 12.1 Å². The summed E-state index contributed by atoms with van der Waals surface area (Å²) in [5, 5.41) is 14.6. The van der Waals surface area contributed by atoms with Crippen molar-refractivity contribution in [3.05, 3.63) is 29.3 Å². The molecule has 0 aliphatic heterocycles. The molecule has 1 aromatic carbocycles. The fourth-order valence-corrected chi connectivity index (χ4v) is 2.77. The molecule has 1 saturated carbocycles. The number of benzene rings is 1. The van der Waals surface area contributed by atoms with Gasteiger partial charge in [0.05, 0.1) is 0 Å². The Bertz CT molecular complexity index is 396. The second-order valence-corrected chi connectivity index (χ2v) is 5.88. The van der Waals surface area contributed by atoms with Crippen molar-refractivity contribution in [2.24, 2.45) is 0 Å². The smallest absolute Gasteiger partial charge is 0.126 e. The van der Waals surface area contributed by atoms with Crippen molar-refractivity contribution in [1.29, 1.82) is 0 Å². The van der Waals surface area contributed by atoms with Crippen LogP contribution in [0.3, 0.4) is 0 Å². The number of hydrogen-bond donors (Lipinski definition) is 2. The molecule has 2 N–H and O–H groups in total. The lowest BCUT2D eigenvalue weighted by atomic mass is 9.89. The SMILES string of the molecule is CCCCN[C@H]1CCC[C@@H](Oc2ccc(Cl)cc2)[C@@H]1O. The van der Waals surface area contributed by atoms with Crippen LogP contribution in [0, 0.1) is 0 Å². The quantitative estimate of drug-likeness (QED) is 0.791. The topological polar surface area (TPSA) is 41.5 Å². The number of halogens is 1. The van der Waals surface area contributed by atoms with Crippen LogP contribution in [0.1, 0.15) is 39.0 Å². The molecule has 20 heavy (non-hydrogen) atoms. The van der Waals surface area contributed by atoms with Crippen LogP contribution < -0.4 is 10.1 Å². The summed E-state index contributed by atoms with van der Waals surface area (Å²) in [6.45, 7) is 3.14. The Morgan fingerprint density at radius 3 is 2.75 bits per heavy atom. The lowest BCUT2D eigenvalue weighted by Gasteiger charge is -2.35. The van der Waals surface area contributed by atoms with Crippen LogP contribution in [0.2, 0.25) is 5.02 Å². The van der Waals surface area contributed by atoms with Gasteiger partial charge < -0.3 is 15.2 Å². The largest absolute Gasteiger partial charge is 0.488 e. The molecular weight excluding hydrogens is 274 g/mol. The molecule has 0 aromatic heterocycles. The zero-order valence-electron chi connectivity index (χ0n) is 12.0. The molecule has 2 rings (SSSR count). The first-order valence-corrected chi connectivity index (χ1v) is 7.92. The molecule has 0 radical (unpaired) electrons. The number of aliphatic hydroxyl groups excluding tert-OH is 1. The highest BCUT2D eigenvalue weighted by Gasteiger charge is 2.32. The molecule has 3 atom stereocenters. The van der Waals surface area contributed by atoms with Crippen molar-refractivity contribution in [2.45, 2.75) is 57.3 Å². The zero-order chi connectivity index (χ0) is 14.4. The third kappa shape index (κ3) is 4.37. The molecule has 1 aliphatic carbocycles. The maximum Gasteiger partial charge on any atom is 0.126 e. The Labute approximate surface area is 126 Å². The van der Waals surface area contributed by atoms with Crippen LogP contribution in [0.15, 0.2) is 24.3 Å². The molecule has 4 heteroatoms. The summed E-state index contributed by atoms with van der Waals surface area (Å²) >= 11 is 5.86. The van der Waals surface area contributed by atoms with Gasteiger partial charge in [0, 0.05) is 11.1 Å². The molecule has 1 fully saturated rings. The van der Waals surface area contributed by atoms with Crippen LogP contribution in [0.4, 0.5) is 0 Å². The highest BCUT2D eigenvalue weighted by molar-refractivity contribution is 6.30. The Morgan fingerprint density at radius 1 is 1.30 bits per heavy atom. The predicted octanol–water partition coefficient (Wildman–Crippen LogP) is 3.39. The molecule has 0 unspecified atom stereocenters. The monoisotopic (exact) mass is 297 g/mol. The van der Waals surface area contributed by atoms with Gasteiger partial charge in [-0.05, 0) is 56.5 Å². The minimum atomic E-state index is -0.448. The number of aliphatic hydroxyl groups is 1. The lowest BCUT2D eigenvalue weighted by Crippen LogP contribution is -2.51. The van der Waals surface area contributed by atoms with E-state index in [0.29, 0.717) is 5.02 Å². The molecule has 0 heterocycles.